The standard InChI is InChI=1S/C16H15N3O2/c20-19(21)16-7-3-6-14(11-16)17-18-15-9-8-12-4-1-2-5-13(12)10-15/h1-7,11,17H,8-10H2/b18-15+. The third-order valence-electron chi connectivity index (χ3n) is 3.60. The van der Waals surface area contributed by atoms with E-state index < -0.39 is 4.92 Å². The highest BCUT2D eigenvalue weighted by molar-refractivity contribution is 5.89. The lowest BCUT2D eigenvalue weighted by molar-refractivity contribution is -0.384. The van der Waals surface area contributed by atoms with Crippen LogP contribution >= 0.6 is 0 Å². The van der Waals surface area contributed by atoms with E-state index in [-0.39, 0.29) is 5.69 Å². The smallest absolute Gasteiger partial charge is 0.271 e. The number of nitro groups is 1. The molecule has 0 fully saturated rings. The molecule has 5 nitrogen and oxygen atoms in total. The molecule has 0 saturated carbocycles. The fourth-order valence-electron chi connectivity index (χ4n) is 2.49. The largest absolute Gasteiger partial charge is 0.278 e. The molecule has 1 aliphatic rings. The third-order valence-corrected chi connectivity index (χ3v) is 3.60. The Kier molecular flexibility index (Phi) is 3.64. The lowest BCUT2D eigenvalue weighted by atomic mass is 9.90. The van der Waals surface area contributed by atoms with Crippen LogP contribution in [0.15, 0.2) is 53.6 Å². The van der Waals surface area contributed by atoms with E-state index in [1.165, 1.54) is 23.3 Å². The molecule has 106 valence electrons. The van der Waals surface area contributed by atoms with Crippen molar-refractivity contribution in [3.05, 3.63) is 69.8 Å². The van der Waals surface area contributed by atoms with Crippen molar-refractivity contribution in [1.29, 1.82) is 0 Å². The van der Waals surface area contributed by atoms with Crippen LogP contribution < -0.4 is 5.43 Å². The summed E-state index contributed by atoms with van der Waals surface area (Å²) in [7, 11) is 0. The van der Waals surface area contributed by atoms with Crippen LogP contribution in [0.4, 0.5) is 11.4 Å². The minimum atomic E-state index is -0.408. The van der Waals surface area contributed by atoms with E-state index in [1.807, 2.05) is 6.07 Å². The quantitative estimate of drug-likeness (QED) is 0.691. The van der Waals surface area contributed by atoms with Crippen molar-refractivity contribution in [2.75, 3.05) is 5.43 Å². The van der Waals surface area contributed by atoms with E-state index in [1.54, 1.807) is 12.1 Å². The van der Waals surface area contributed by atoms with Gasteiger partial charge in [0.25, 0.3) is 5.69 Å². The average Bonchev–Trinajstić information content (AvgIpc) is 2.53. The summed E-state index contributed by atoms with van der Waals surface area (Å²) in [4.78, 5) is 10.3. The van der Waals surface area contributed by atoms with Crippen LogP contribution in [-0.4, -0.2) is 10.6 Å². The molecule has 1 aliphatic carbocycles. The van der Waals surface area contributed by atoms with Crippen LogP contribution in [0.1, 0.15) is 17.5 Å². The second-order valence-corrected chi connectivity index (χ2v) is 5.04. The van der Waals surface area contributed by atoms with Crippen LogP contribution in [0.2, 0.25) is 0 Å². The molecule has 0 atom stereocenters. The monoisotopic (exact) mass is 281 g/mol. The molecule has 0 unspecified atom stereocenters. The molecule has 0 radical (unpaired) electrons. The Hall–Kier alpha value is -2.69. The number of aryl methyl sites for hydroxylation is 1. The Morgan fingerprint density at radius 3 is 2.67 bits per heavy atom. The molecule has 3 rings (SSSR count). The van der Waals surface area contributed by atoms with Gasteiger partial charge in [-0.2, -0.15) is 5.10 Å². The third kappa shape index (κ3) is 3.08. The molecular formula is C16H15N3O2. The Morgan fingerprint density at radius 1 is 1.05 bits per heavy atom. The molecule has 0 bridgehead atoms. The Labute approximate surface area is 122 Å². The summed E-state index contributed by atoms with van der Waals surface area (Å²) in [6.07, 6.45) is 2.74. The maximum absolute atomic E-state index is 10.7. The number of hydrogen-bond acceptors (Lipinski definition) is 4. The Bertz CT molecular complexity index is 710. The molecule has 2 aromatic carbocycles. The van der Waals surface area contributed by atoms with E-state index >= 15 is 0 Å². The maximum atomic E-state index is 10.7. The van der Waals surface area contributed by atoms with Gasteiger partial charge in [0.15, 0.2) is 0 Å². The zero-order valence-corrected chi connectivity index (χ0v) is 11.5. The molecule has 0 amide bonds. The first-order chi connectivity index (χ1) is 10.2. The van der Waals surface area contributed by atoms with Gasteiger partial charge in [0, 0.05) is 24.3 Å². The summed E-state index contributed by atoms with van der Waals surface area (Å²) in [5.74, 6) is 0. The van der Waals surface area contributed by atoms with Crippen molar-refractivity contribution in [3.8, 4) is 0 Å². The van der Waals surface area contributed by atoms with E-state index in [0.29, 0.717) is 5.69 Å². The van der Waals surface area contributed by atoms with Gasteiger partial charge in [-0.15, -0.1) is 0 Å². The number of rotatable bonds is 3. The van der Waals surface area contributed by atoms with Crippen LogP contribution in [0.3, 0.4) is 0 Å². The topological polar surface area (TPSA) is 67.5 Å². The van der Waals surface area contributed by atoms with Crippen molar-refractivity contribution >= 4 is 17.1 Å². The zero-order valence-electron chi connectivity index (χ0n) is 11.5. The van der Waals surface area contributed by atoms with E-state index in [4.69, 9.17) is 0 Å². The lowest BCUT2D eigenvalue weighted by Crippen LogP contribution is -2.15. The predicted molar refractivity (Wildman–Crippen MR) is 82.6 cm³/mol. The molecule has 0 saturated heterocycles. The van der Waals surface area contributed by atoms with Crippen molar-refractivity contribution in [2.45, 2.75) is 19.3 Å². The number of fused-ring (bicyclic) bond motifs is 1. The summed E-state index contributed by atoms with van der Waals surface area (Å²) < 4.78 is 0. The minimum absolute atomic E-state index is 0.0641. The van der Waals surface area contributed by atoms with Gasteiger partial charge in [0.2, 0.25) is 0 Å². The summed E-state index contributed by atoms with van der Waals surface area (Å²) in [5, 5.41) is 15.1. The summed E-state index contributed by atoms with van der Waals surface area (Å²) in [5.41, 5.74) is 7.38. The number of hydrogen-bond donors (Lipinski definition) is 1. The van der Waals surface area contributed by atoms with Gasteiger partial charge in [0.1, 0.15) is 0 Å². The Morgan fingerprint density at radius 2 is 1.86 bits per heavy atom. The van der Waals surface area contributed by atoms with Crippen LogP contribution in [-0.2, 0) is 12.8 Å². The number of anilines is 1. The molecule has 2 aromatic rings. The minimum Gasteiger partial charge on any atom is -0.278 e. The Balaban J connectivity index is 1.73. The molecular weight excluding hydrogens is 266 g/mol. The number of nitrogens with zero attached hydrogens (tertiary/aromatic N) is 2. The van der Waals surface area contributed by atoms with Crippen LogP contribution in [0, 0.1) is 10.1 Å². The lowest BCUT2D eigenvalue weighted by Gasteiger charge is -2.17. The van der Waals surface area contributed by atoms with E-state index in [9.17, 15) is 10.1 Å². The molecule has 0 heterocycles. The molecule has 0 aliphatic heterocycles. The first-order valence-electron chi connectivity index (χ1n) is 6.85. The van der Waals surface area contributed by atoms with E-state index in [2.05, 4.69) is 28.7 Å². The van der Waals surface area contributed by atoms with Crippen molar-refractivity contribution < 1.29 is 4.92 Å². The normalized spacial score (nSPS) is 15.5. The molecule has 5 heteroatoms. The van der Waals surface area contributed by atoms with Crippen molar-refractivity contribution in [2.24, 2.45) is 5.10 Å². The second kappa shape index (κ2) is 5.75. The van der Waals surface area contributed by atoms with Crippen molar-refractivity contribution in [1.82, 2.24) is 0 Å². The summed E-state index contributed by atoms with van der Waals surface area (Å²) in [6, 6.07) is 14.7. The molecule has 0 aromatic heterocycles. The molecule has 1 N–H and O–H groups in total. The maximum Gasteiger partial charge on any atom is 0.271 e. The van der Waals surface area contributed by atoms with Gasteiger partial charge in [0.05, 0.1) is 10.6 Å². The highest BCUT2D eigenvalue weighted by Crippen LogP contribution is 2.20. The first kappa shape index (κ1) is 13.3. The van der Waals surface area contributed by atoms with Gasteiger partial charge in [-0.3, -0.25) is 15.5 Å². The highest BCUT2D eigenvalue weighted by Gasteiger charge is 2.13. The van der Waals surface area contributed by atoms with Gasteiger partial charge >= 0.3 is 0 Å². The number of nitrogens with one attached hydrogen (secondary N) is 1. The molecule has 21 heavy (non-hydrogen) atoms. The van der Waals surface area contributed by atoms with Crippen molar-refractivity contribution in [3.63, 3.8) is 0 Å². The van der Waals surface area contributed by atoms with Gasteiger partial charge in [-0.05, 0) is 30.0 Å². The van der Waals surface area contributed by atoms with Gasteiger partial charge < -0.3 is 0 Å². The summed E-state index contributed by atoms with van der Waals surface area (Å²) in [6.45, 7) is 0. The molecule has 0 spiro atoms. The fraction of sp³-hybridized carbons (Fsp3) is 0.188. The number of non-ortho nitro benzene ring substituents is 1. The second-order valence-electron chi connectivity index (χ2n) is 5.04. The number of benzene rings is 2. The number of hydrazone groups is 1. The highest BCUT2D eigenvalue weighted by atomic mass is 16.6. The zero-order chi connectivity index (χ0) is 14.7. The average molecular weight is 281 g/mol. The first-order valence-corrected chi connectivity index (χ1v) is 6.85. The van der Waals surface area contributed by atoms with Crippen LogP contribution in [0.25, 0.3) is 0 Å². The summed E-state index contributed by atoms with van der Waals surface area (Å²) >= 11 is 0. The van der Waals surface area contributed by atoms with E-state index in [0.717, 1.165) is 25.0 Å². The predicted octanol–water partition coefficient (Wildman–Crippen LogP) is 3.55. The van der Waals surface area contributed by atoms with Gasteiger partial charge in [-0.25, -0.2) is 0 Å². The fourth-order valence-corrected chi connectivity index (χ4v) is 2.49. The van der Waals surface area contributed by atoms with Crippen LogP contribution in [0.5, 0.6) is 0 Å². The SMILES string of the molecule is O=[N+]([O-])c1cccc(N/N=C2\CCc3ccccc3C2)c1. The number of nitro benzene ring substituents is 1. The van der Waals surface area contributed by atoms with Gasteiger partial charge in [-0.1, -0.05) is 30.3 Å².